The number of piperidine rings is 1. The van der Waals surface area contributed by atoms with E-state index in [1.807, 2.05) is 24.3 Å². The smallest absolute Gasteiger partial charge is 0.166 e. The molecule has 1 N–H and O–H groups in total. The van der Waals surface area contributed by atoms with Gasteiger partial charge < -0.3 is 19.3 Å². The van der Waals surface area contributed by atoms with Crippen LogP contribution in [0.1, 0.15) is 48.8 Å². The molecule has 2 bridgehead atoms. The lowest BCUT2D eigenvalue weighted by molar-refractivity contribution is -0.228. The predicted octanol–water partition coefficient (Wildman–Crippen LogP) is 4.40. The van der Waals surface area contributed by atoms with Crippen LogP contribution < -0.4 is 9.47 Å². The van der Waals surface area contributed by atoms with Crippen LogP contribution in [0.3, 0.4) is 0 Å². The third kappa shape index (κ3) is 3.11. The van der Waals surface area contributed by atoms with Crippen molar-refractivity contribution >= 4 is 0 Å². The van der Waals surface area contributed by atoms with Crippen LogP contribution >= 0.6 is 0 Å². The zero-order valence-electron chi connectivity index (χ0n) is 20.3. The highest BCUT2D eigenvalue weighted by molar-refractivity contribution is 5.63. The van der Waals surface area contributed by atoms with Crippen LogP contribution in [0.2, 0.25) is 0 Å². The summed E-state index contributed by atoms with van der Waals surface area (Å²) in [4.78, 5) is 2.71. The second-order valence-corrected chi connectivity index (χ2v) is 11.2. The van der Waals surface area contributed by atoms with Crippen LogP contribution in [0.4, 0.5) is 0 Å². The lowest BCUT2D eigenvalue weighted by atomic mass is 9.48. The Morgan fingerprint density at radius 2 is 1.97 bits per heavy atom. The quantitative estimate of drug-likeness (QED) is 0.576. The molecule has 2 aromatic rings. The highest BCUT2D eigenvalue weighted by Gasteiger charge is 2.74. The highest BCUT2D eigenvalue weighted by Crippen LogP contribution is 2.66. The largest absolute Gasteiger partial charge is 0.485 e. The summed E-state index contributed by atoms with van der Waals surface area (Å²) < 4.78 is 20.0. The third-order valence-corrected chi connectivity index (χ3v) is 9.37. The number of hydrogen-bond acceptors (Lipinski definition) is 5. The molecule has 3 aliphatic carbocycles. The van der Waals surface area contributed by atoms with Gasteiger partial charge in [-0.05, 0) is 68.2 Å². The van der Waals surface area contributed by atoms with Crippen molar-refractivity contribution in [3.63, 3.8) is 0 Å². The fourth-order valence-electron chi connectivity index (χ4n) is 7.77. The van der Waals surface area contributed by atoms with Gasteiger partial charge in [-0.25, -0.2) is 0 Å². The molecular weight excluding hydrogens is 438 g/mol. The molecule has 5 atom stereocenters. The molecule has 35 heavy (non-hydrogen) atoms. The summed E-state index contributed by atoms with van der Waals surface area (Å²) in [6, 6.07) is 14.9. The summed E-state index contributed by atoms with van der Waals surface area (Å²) in [6.45, 7) is 7.17. The second kappa shape index (κ2) is 8.09. The van der Waals surface area contributed by atoms with Crippen molar-refractivity contribution in [2.75, 3.05) is 19.7 Å². The maximum absolute atomic E-state index is 11.3. The molecule has 7 rings (SSSR count). The Kier molecular flexibility index (Phi) is 5.06. The number of hydrogen-bond donors (Lipinski definition) is 1. The number of benzene rings is 2. The fourth-order valence-corrected chi connectivity index (χ4v) is 7.77. The van der Waals surface area contributed by atoms with E-state index in [2.05, 4.69) is 35.7 Å². The van der Waals surface area contributed by atoms with Gasteiger partial charge in [0.1, 0.15) is 12.7 Å². The van der Waals surface area contributed by atoms with Gasteiger partial charge in [0.05, 0.1) is 23.7 Å². The van der Waals surface area contributed by atoms with Crippen molar-refractivity contribution in [3.8, 4) is 11.5 Å². The molecule has 2 heterocycles. The van der Waals surface area contributed by atoms with E-state index < -0.39 is 6.10 Å². The van der Waals surface area contributed by atoms with Gasteiger partial charge in [0.15, 0.2) is 11.5 Å². The molecule has 1 spiro atoms. The second-order valence-electron chi connectivity index (χ2n) is 11.2. The molecule has 1 saturated heterocycles. The standard InChI is InChI=1S/C30H35NO4/c1-2-16-34-30-13-12-23(32)28-29(30)14-15-31(18-20-8-9-20)25(30)17-22-10-11-24(27(35-28)26(22)29)33-19-21-6-4-3-5-7-21/h2-7,10-11,20,23,25,28,32H,1,8-9,12-19H2/t23-,25+,28-,29-,30+/m0/s1. The van der Waals surface area contributed by atoms with Crippen LogP contribution in [0.5, 0.6) is 11.5 Å². The minimum absolute atomic E-state index is 0.296. The molecular formula is C30H35NO4. The van der Waals surface area contributed by atoms with E-state index >= 15 is 0 Å². The van der Waals surface area contributed by atoms with Crippen molar-refractivity contribution in [3.05, 3.63) is 71.8 Å². The van der Waals surface area contributed by atoms with Crippen molar-refractivity contribution in [2.24, 2.45) is 5.92 Å². The molecule has 5 aliphatic rings. The van der Waals surface area contributed by atoms with Crippen molar-refractivity contribution in [2.45, 2.75) is 74.4 Å². The monoisotopic (exact) mass is 473 g/mol. The van der Waals surface area contributed by atoms with Gasteiger partial charge in [0, 0.05) is 18.2 Å². The van der Waals surface area contributed by atoms with E-state index in [0.717, 1.165) is 55.3 Å². The normalized spacial score (nSPS) is 34.7. The average Bonchev–Trinajstić information content (AvgIpc) is 3.63. The molecule has 184 valence electrons. The number of nitrogens with zero attached hydrogens (tertiary/aromatic N) is 1. The number of rotatable bonds is 8. The van der Waals surface area contributed by atoms with Gasteiger partial charge in [-0.15, -0.1) is 6.58 Å². The van der Waals surface area contributed by atoms with E-state index in [-0.39, 0.29) is 17.1 Å². The summed E-state index contributed by atoms with van der Waals surface area (Å²) in [5.41, 5.74) is 2.98. The zero-order valence-corrected chi connectivity index (χ0v) is 20.3. The first-order chi connectivity index (χ1) is 17.2. The van der Waals surface area contributed by atoms with Crippen molar-refractivity contribution in [1.29, 1.82) is 0 Å². The Balaban J connectivity index is 1.34. The molecule has 0 radical (unpaired) electrons. The minimum Gasteiger partial charge on any atom is -0.485 e. The Hall–Kier alpha value is -2.34. The summed E-state index contributed by atoms with van der Waals surface area (Å²) in [5, 5.41) is 11.3. The van der Waals surface area contributed by atoms with Crippen LogP contribution in [-0.4, -0.2) is 53.6 Å². The number of aliphatic hydroxyl groups is 1. The van der Waals surface area contributed by atoms with Gasteiger partial charge in [-0.3, -0.25) is 4.90 Å². The molecule has 0 aromatic heterocycles. The topological polar surface area (TPSA) is 51.2 Å². The highest BCUT2D eigenvalue weighted by atomic mass is 16.5. The van der Waals surface area contributed by atoms with E-state index in [1.54, 1.807) is 0 Å². The van der Waals surface area contributed by atoms with Gasteiger partial charge in [-0.2, -0.15) is 0 Å². The van der Waals surface area contributed by atoms with Crippen LogP contribution in [-0.2, 0) is 23.2 Å². The lowest BCUT2D eigenvalue weighted by Crippen LogP contribution is -2.78. The lowest BCUT2D eigenvalue weighted by Gasteiger charge is -2.65. The molecule has 2 aromatic carbocycles. The first-order valence-corrected chi connectivity index (χ1v) is 13.3. The summed E-state index contributed by atoms with van der Waals surface area (Å²) in [7, 11) is 0. The Morgan fingerprint density at radius 3 is 2.77 bits per heavy atom. The summed E-state index contributed by atoms with van der Waals surface area (Å²) >= 11 is 0. The van der Waals surface area contributed by atoms with Gasteiger partial charge >= 0.3 is 0 Å². The molecule has 5 heteroatoms. The number of ether oxygens (including phenoxy) is 3. The van der Waals surface area contributed by atoms with E-state index in [9.17, 15) is 5.11 Å². The predicted molar refractivity (Wildman–Crippen MR) is 134 cm³/mol. The van der Waals surface area contributed by atoms with Crippen LogP contribution in [0, 0.1) is 5.92 Å². The van der Waals surface area contributed by atoms with E-state index in [4.69, 9.17) is 14.2 Å². The van der Waals surface area contributed by atoms with Crippen molar-refractivity contribution in [1.82, 2.24) is 4.90 Å². The Labute approximate surface area is 207 Å². The molecule has 2 aliphatic heterocycles. The first-order valence-electron chi connectivity index (χ1n) is 13.3. The average molecular weight is 474 g/mol. The SMILES string of the molecule is C=CCO[C@@]12CC[C@H](O)[C@@H]3Oc4c(OCc5ccccc5)ccc5c4[C@@]31CCN(CC1CC1)[C@@H]2C5. The van der Waals surface area contributed by atoms with Crippen molar-refractivity contribution < 1.29 is 19.3 Å². The van der Waals surface area contributed by atoms with Gasteiger partial charge in [0.25, 0.3) is 0 Å². The van der Waals surface area contributed by atoms with E-state index in [1.165, 1.54) is 24.0 Å². The maximum Gasteiger partial charge on any atom is 0.166 e. The maximum atomic E-state index is 11.3. The number of aliphatic hydroxyl groups excluding tert-OH is 1. The molecule has 2 saturated carbocycles. The molecule has 0 amide bonds. The molecule has 3 fully saturated rings. The summed E-state index contributed by atoms with van der Waals surface area (Å²) in [6.07, 6.45) is 7.20. The molecule has 0 unspecified atom stereocenters. The van der Waals surface area contributed by atoms with Gasteiger partial charge in [-0.1, -0.05) is 42.5 Å². The summed E-state index contributed by atoms with van der Waals surface area (Å²) in [5.74, 6) is 2.45. The van der Waals surface area contributed by atoms with Gasteiger partial charge in [0.2, 0.25) is 0 Å². The zero-order chi connectivity index (χ0) is 23.6. The minimum atomic E-state index is -0.508. The third-order valence-electron chi connectivity index (χ3n) is 9.37. The van der Waals surface area contributed by atoms with Crippen LogP contribution in [0.25, 0.3) is 0 Å². The first kappa shape index (κ1) is 21.9. The fraction of sp³-hybridized carbons (Fsp3) is 0.533. The Morgan fingerprint density at radius 1 is 1.11 bits per heavy atom. The number of likely N-dealkylation sites (tertiary alicyclic amines) is 1. The van der Waals surface area contributed by atoms with E-state index in [0.29, 0.717) is 25.7 Å². The Bertz CT molecular complexity index is 1130. The van der Waals surface area contributed by atoms with Crippen LogP contribution in [0.15, 0.2) is 55.1 Å². The molecule has 5 nitrogen and oxygen atoms in total.